The molecule has 0 radical (unpaired) electrons. The highest BCUT2D eigenvalue weighted by Crippen LogP contribution is 2.28. The van der Waals surface area contributed by atoms with Crippen LogP contribution in [-0.2, 0) is 9.53 Å². The molecule has 0 fully saturated rings. The lowest BCUT2D eigenvalue weighted by atomic mass is 9.99. The van der Waals surface area contributed by atoms with E-state index < -0.39 is 17.5 Å². The molecule has 0 saturated carbocycles. The molecule has 2 aromatic rings. The van der Waals surface area contributed by atoms with E-state index >= 15 is 0 Å². The third-order valence-corrected chi connectivity index (χ3v) is 4.76. The number of aliphatic imine (C=N–C) groups is 2. The molecule has 2 aromatic carbocycles. The Morgan fingerprint density at radius 1 is 1.06 bits per heavy atom. The zero-order chi connectivity index (χ0) is 22.9. The van der Waals surface area contributed by atoms with Crippen LogP contribution < -0.4 is 0 Å². The van der Waals surface area contributed by atoms with E-state index in [2.05, 4.69) is 9.98 Å². The summed E-state index contributed by atoms with van der Waals surface area (Å²) in [7, 11) is 0. The van der Waals surface area contributed by atoms with Crippen LogP contribution in [0.1, 0.15) is 49.2 Å². The molecule has 31 heavy (non-hydrogen) atoms. The Balaban J connectivity index is 2.09. The third kappa shape index (κ3) is 5.03. The number of amides is 1. The summed E-state index contributed by atoms with van der Waals surface area (Å²) >= 11 is 12.0. The maximum Gasteiger partial charge on any atom is 0.344 e. The molecule has 8 heteroatoms. The minimum absolute atomic E-state index is 0.0930. The molecule has 0 atom stereocenters. The van der Waals surface area contributed by atoms with Gasteiger partial charge in [0.1, 0.15) is 16.9 Å². The molecule has 0 saturated heterocycles. The number of rotatable bonds is 3. The fraction of sp³-hybridized carbons (Fsp3) is 0.217. The van der Waals surface area contributed by atoms with Crippen molar-refractivity contribution in [1.82, 2.24) is 0 Å². The van der Waals surface area contributed by atoms with Gasteiger partial charge in [-0.3, -0.25) is 4.79 Å². The number of esters is 1. The Labute approximate surface area is 189 Å². The van der Waals surface area contributed by atoms with Crippen LogP contribution in [0.25, 0.3) is 0 Å². The lowest BCUT2D eigenvalue weighted by Crippen LogP contribution is -2.28. The Kier molecular flexibility index (Phi) is 6.34. The molecule has 160 valence electrons. The van der Waals surface area contributed by atoms with Gasteiger partial charge in [0.05, 0.1) is 16.3 Å². The molecular weight excluding hydrogens is 439 g/mol. The van der Waals surface area contributed by atoms with Crippen LogP contribution in [-0.4, -0.2) is 34.1 Å². The van der Waals surface area contributed by atoms with Crippen LogP contribution in [0.3, 0.4) is 0 Å². The third-order valence-electron chi connectivity index (χ3n) is 4.21. The van der Waals surface area contributed by atoms with Crippen molar-refractivity contribution in [3.8, 4) is 0 Å². The smallest absolute Gasteiger partial charge is 0.344 e. The van der Waals surface area contributed by atoms with E-state index in [1.54, 1.807) is 45.0 Å². The van der Waals surface area contributed by atoms with E-state index in [1.165, 1.54) is 25.1 Å². The summed E-state index contributed by atoms with van der Waals surface area (Å²) < 4.78 is 5.43. The summed E-state index contributed by atoms with van der Waals surface area (Å²) in [4.78, 5) is 34.0. The van der Waals surface area contributed by atoms with Gasteiger partial charge in [0, 0.05) is 16.1 Å². The second-order valence-electron chi connectivity index (χ2n) is 7.83. The maximum atomic E-state index is 12.8. The van der Waals surface area contributed by atoms with Crippen molar-refractivity contribution in [2.75, 3.05) is 0 Å². The van der Waals surface area contributed by atoms with E-state index in [4.69, 9.17) is 27.9 Å². The largest absolute Gasteiger partial charge is 0.512 e. The Hall–Kier alpha value is -2.96. The van der Waals surface area contributed by atoms with Crippen LogP contribution in [0.5, 0.6) is 0 Å². The molecule has 6 nitrogen and oxygen atoms in total. The molecule has 0 bridgehead atoms. The number of halogens is 2. The van der Waals surface area contributed by atoms with Crippen LogP contribution in [0.15, 0.2) is 63.8 Å². The molecule has 0 aromatic heterocycles. The highest BCUT2D eigenvalue weighted by atomic mass is 35.5. The molecule has 1 heterocycles. The van der Waals surface area contributed by atoms with Crippen molar-refractivity contribution in [2.45, 2.75) is 33.3 Å². The van der Waals surface area contributed by atoms with Crippen LogP contribution in [0.4, 0.5) is 0 Å². The summed E-state index contributed by atoms with van der Waals surface area (Å²) in [5.41, 5.74) is 0.571. The number of hydrogen-bond donors (Lipinski definition) is 1. The number of hydrogen-bond acceptors (Lipinski definition) is 4. The first-order valence-corrected chi connectivity index (χ1v) is 10.1. The predicted molar refractivity (Wildman–Crippen MR) is 121 cm³/mol. The van der Waals surface area contributed by atoms with Crippen molar-refractivity contribution in [2.24, 2.45) is 9.98 Å². The number of carbonyl (C=O) groups excluding carboxylic acids is 2. The van der Waals surface area contributed by atoms with Gasteiger partial charge in [0.25, 0.3) is 5.91 Å². The van der Waals surface area contributed by atoms with Gasteiger partial charge >= 0.3 is 5.97 Å². The fourth-order valence-corrected chi connectivity index (χ4v) is 3.44. The Bertz CT molecular complexity index is 1170. The van der Waals surface area contributed by atoms with Crippen molar-refractivity contribution < 1.29 is 19.4 Å². The first kappa shape index (κ1) is 22.7. The van der Waals surface area contributed by atoms with Gasteiger partial charge < -0.3 is 9.84 Å². The summed E-state index contributed by atoms with van der Waals surface area (Å²) in [6.07, 6.45) is 0. The summed E-state index contributed by atoms with van der Waals surface area (Å²) in [6.45, 7) is 6.54. The Morgan fingerprint density at radius 3 is 2.29 bits per heavy atom. The monoisotopic (exact) mass is 458 g/mol. The standard InChI is InChI=1S/C23H20Cl2N2O4/c1-12(28)18(22(30)31-23(2,3)4)19-14-7-5-6-8-15(14)20(26-19)27-21(29)16-10-9-13(24)11-17(16)25/h5-11,28H,1-4H3. The van der Waals surface area contributed by atoms with Gasteiger partial charge in [-0.15, -0.1) is 0 Å². The lowest BCUT2D eigenvalue weighted by molar-refractivity contribution is -0.149. The molecule has 1 amide bonds. The molecule has 1 aliphatic heterocycles. The van der Waals surface area contributed by atoms with Crippen molar-refractivity contribution >= 4 is 46.6 Å². The average Bonchev–Trinajstić information content (AvgIpc) is 2.98. The van der Waals surface area contributed by atoms with E-state index in [0.29, 0.717) is 16.1 Å². The van der Waals surface area contributed by atoms with E-state index in [9.17, 15) is 14.7 Å². The van der Waals surface area contributed by atoms with Gasteiger partial charge in [0.15, 0.2) is 5.84 Å². The molecule has 1 N–H and O–H groups in total. The van der Waals surface area contributed by atoms with Gasteiger partial charge in [-0.1, -0.05) is 47.5 Å². The van der Waals surface area contributed by atoms with Gasteiger partial charge in [0.2, 0.25) is 0 Å². The van der Waals surface area contributed by atoms with Gasteiger partial charge in [-0.2, -0.15) is 4.99 Å². The quantitative estimate of drug-likeness (QED) is 0.370. The molecule has 1 aliphatic rings. The zero-order valence-electron chi connectivity index (χ0n) is 17.4. The van der Waals surface area contributed by atoms with Crippen LogP contribution >= 0.6 is 23.2 Å². The first-order chi connectivity index (χ1) is 14.5. The van der Waals surface area contributed by atoms with Crippen molar-refractivity contribution in [3.63, 3.8) is 0 Å². The number of benzene rings is 2. The number of allylic oxidation sites excluding steroid dienone is 1. The molecule has 3 rings (SSSR count). The highest BCUT2D eigenvalue weighted by molar-refractivity contribution is 6.38. The maximum absolute atomic E-state index is 12.8. The molecule has 0 spiro atoms. The van der Waals surface area contributed by atoms with Crippen molar-refractivity contribution in [3.05, 3.63) is 80.5 Å². The van der Waals surface area contributed by atoms with Gasteiger partial charge in [-0.25, -0.2) is 9.79 Å². The summed E-state index contributed by atoms with van der Waals surface area (Å²) in [5.74, 6) is -1.49. The topological polar surface area (TPSA) is 88.3 Å². The summed E-state index contributed by atoms with van der Waals surface area (Å²) in [5, 5.41) is 10.8. The van der Waals surface area contributed by atoms with E-state index in [-0.39, 0.29) is 33.5 Å². The van der Waals surface area contributed by atoms with E-state index in [1.807, 2.05) is 0 Å². The minimum atomic E-state index is -0.769. The second-order valence-corrected chi connectivity index (χ2v) is 8.68. The van der Waals surface area contributed by atoms with E-state index in [0.717, 1.165) is 0 Å². The fourth-order valence-electron chi connectivity index (χ4n) is 2.95. The molecule has 0 unspecified atom stereocenters. The number of amidine groups is 1. The SMILES string of the molecule is CC(O)=C(C(=O)OC(C)(C)C)C1=NC(=NC(=O)c2ccc(Cl)cc2Cl)c2ccccc21. The second kappa shape index (κ2) is 8.65. The summed E-state index contributed by atoms with van der Waals surface area (Å²) in [6, 6.07) is 11.4. The highest BCUT2D eigenvalue weighted by Gasteiger charge is 2.32. The lowest BCUT2D eigenvalue weighted by Gasteiger charge is -2.21. The Morgan fingerprint density at radius 2 is 1.71 bits per heavy atom. The van der Waals surface area contributed by atoms with Crippen LogP contribution in [0, 0.1) is 0 Å². The average molecular weight is 459 g/mol. The van der Waals surface area contributed by atoms with Crippen LogP contribution in [0.2, 0.25) is 10.0 Å². The van der Waals surface area contributed by atoms with Crippen molar-refractivity contribution in [1.29, 1.82) is 0 Å². The number of nitrogens with zero attached hydrogens (tertiary/aromatic N) is 2. The predicted octanol–water partition coefficient (Wildman–Crippen LogP) is 5.56. The minimum Gasteiger partial charge on any atom is -0.512 e. The molecule has 0 aliphatic carbocycles. The zero-order valence-corrected chi connectivity index (χ0v) is 18.9. The number of fused-ring (bicyclic) bond motifs is 1. The normalized spacial score (nSPS) is 15.3. The first-order valence-electron chi connectivity index (χ1n) is 9.38. The number of aliphatic hydroxyl groups excluding tert-OH is 1. The number of carbonyl (C=O) groups is 2. The number of ether oxygens (including phenoxy) is 1. The van der Waals surface area contributed by atoms with Gasteiger partial charge in [-0.05, 0) is 45.9 Å². The number of aliphatic hydroxyl groups is 1. The molecular formula is C23H20Cl2N2O4.